The van der Waals surface area contributed by atoms with E-state index in [-0.39, 0.29) is 28.4 Å². The molecule has 0 radical (unpaired) electrons. The predicted molar refractivity (Wildman–Crippen MR) is 159 cm³/mol. The molecule has 0 saturated carbocycles. The topological polar surface area (TPSA) is 148 Å². The molecule has 2 heterocycles. The summed E-state index contributed by atoms with van der Waals surface area (Å²) in [5.41, 5.74) is 2.65. The van der Waals surface area contributed by atoms with Crippen molar-refractivity contribution < 1.29 is 24.4 Å². The normalized spacial score (nSPS) is 16.4. The van der Waals surface area contributed by atoms with Gasteiger partial charge in [0.1, 0.15) is 0 Å². The average Bonchev–Trinajstić information content (AvgIpc) is 3.31. The quantitative estimate of drug-likeness (QED) is 0.210. The summed E-state index contributed by atoms with van der Waals surface area (Å²) in [7, 11) is 3.78. The van der Waals surface area contributed by atoms with Gasteiger partial charge in [0.05, 0.1) is 28.3 Å². The number of benzene rings is 3. The highest BCUT2D eigenvalue weighted by Gasteiger charge is 2.30. The molecule has 1 fully saturated rings. The number of nitrogens with one attached hydrogen (secondary N) is 2. The number of hydrogen-bond acceptors (Lipinski definition) is 8. The van der Waals surface area contributed by atoms with E-state index >= 15 is 0 Å². The van der Waals surface area contributed by atoms with Crippen molar-refractivity contribution in [3.8, 4) is 0 Å². The molecule has 0 bridgehead atoms. The zero-order chi connectivity index (χ0) is 30.0. The van der Waals surface area contributed by atoms with Gasteiger partial charge in [0.2, 0.25) is 5.91 Å². The monoisotopic (exact) mass is 570 g/mol. The summed E-state index contributed by atoms with van der Waals surface area (Å²) < 4.78 is 0. The number of amides is 2. The second kappa shape index (κ2) is 11.8. The Labute approximate surface area is 242 Å². The Hall–Kier alpha value is -5.07. The number of nitrogens with zero attached hydrogens (tertiary/aromatic N) is 4. The number of fused-ring (bicyclic) bond motifs is 1. The zero-order valence-electron chi connectivity index (χ0n) is 23.2. The van der Waals surface area contributed by atoms with Crippen LogP contribution in [0.5, 0.6) is 0 Å². The summed E-state index contributed by atoms with van der Waals surface area (Å²) in [5.74, 6) is -1.66. The Bertz CT molecular complexity index is 1590. The van der Waals surface area contributed by atoms with Gasteiger partial charge < -0.3 is 25.5 Å². The van der Waals surface area contributed by atoms with E-state index in [2.05, 4.69) is 27.5 Å². The van der Waals surface area contributed by atoms with Gasteiger partial charge in [0.15, 0.2) is 0 Å². The van der Waals surface area contributed by atoms with E-state index in [1.54, 1.807) is 42.3 Å². The van der Waals surface area contributed by atoms with Gasteiger partial charge in [-0.2, -0.15) is 0 Å². The standard InChI is InChI=1S/C30H30N6O6/c1-33-12-14-35(15-13-33)18-26(37)34(2)22-9-7-21(8-10-22)31-28(19-4-3-5-23(16-19)36(41)42)27-24-17-20(30(39)40)6-11-25(24)32-29(27)38/h3-11,16-17,31H,12-15,18H2,1-2H3,(H,32,38)(H,39,40). The van der Waals surface area contributed by atoms with Gasteiger partial charge in [-0.15, -0.1) is 0 Å². The maximum absolute atomic E-state index is 13.2. The molecule has 2 amide bonds. The highest BCUT2D eigenvalue weighted by Crippen LogP contribution is 2.39. The number of likely N-dealkylation sites (N-methyl/N-ethyl adjacent to an activating group) is 2. The number of nitro groups is 1. The van der Waals surface area contributed by atoms with Crippen molar-refractivity contribution in [3.63, 3.8) is 0 Å². The Morgan fingerprint density at radius 2 is 1.74 bits per heavy atom. The average molecular weight is 571 g/mol. The second-order valence-electron chi connectivity index (χ2n) is 10.3. The fraction of sp³-hybridized carbons (Fsp3) is 0.233. The third-order valence-electron chi connectivity index (χ3n) is 7.46. The Morgan fingerprint density at radius 1 is 1.02 bits per heavy atom. The van der Waals surface area contributed by atoms with E-state index in [0.29, 0.717) is 34.7 Å². The van der Waals surface area contributed by atoms with Crippen LogP contribution in [0.25, 0.3) is 11.3 Å². The van der Waals surface area contributed by atoms with Gasteiger partial charge in [-0.25, -0.2) is 4.79 Å². The molecular formula is C30H30N6O6. The fourth-order valence-corrected chi connectivity index (χ4v) is 4.96. The van der Waals surface area contributed by atoms with E-state index in [1.807, 2.05) is 0 Å². The highest BCUT2D eigenvalue weighted by atomic mass is 16.6. The number of carbonyl (C=O) groups excluding carboxylic acids is 2. The smallest absolute Gasteiger partial charge is 0.335 e. The lowest BCUT2D eigenvalue weighted by Gasteiger charge is -2.32. The van der Waals surface area contributed by atoms with E-state index in [0.717, 1.165) is 26.2 Å². The highest BCUT2D eigenvalue weighted by molar-refractivity contribution is 6.37. The molecule has 0 aliphatic carbocycles. The fourth-order valence-electron chi connectivity index (χ4n) is 4.96. The van der Waals surface area contributed by atoms with Crippen LogP contribution in [0.15, 0.2) is 66.7 Å². The number of nitro benzene ring substituents is 1. The Morgan fingerprint density at radius 3 is 2.40 bits per heavy atom. The molecule has 2 aliphatic heterocycles. The van der Waals surface area contributed by atoms with E-state index in [9.17, 15) is 29.6 Å². The lowest BCUT2D eigenvalue weighted by Crippen LogP contribution is -2.48. The summed E-state index contributed by atoms with van der Waals surface area (Å²) in [5, 5.41) is 27.0. The van der Waals surface area contributed by atoms with Gasteiger partial charge >= 0.3 is 5.97 Å². The number of rotatable bonds is 8. The van der Waals surface area contributed by atoms with Gasteiger partial charge in [-0.05, 0) is 49.5 Å². The molecule has 0 atom stereocenters. The van der Waals surface area contributed by atoms with E-state index in [4.69, 9.17) is 0 Å². The predicted octanol–water partition coefficient (Wildman–Crippen LogP) is 3.44. The first-order valence-electron chi connectivity index (χ1n) is 13.3. The van der Waals surface area contributed by atoms with Crippen LogP contribution in [0.3, 0.4) is 0 Å². The summed E-state index contributed by atoms with van der Waals surface area (Å²) in [6.07, 6.45) is 0. The molecule has 12 nitrogen and oxygen atoms in total. The van der Waals surface area contributed by atoms with Crippen molar-refractivity contribution in [2.24, 2.45) is 0 Å². The first-order valence-corrected chi connectivity index (χ1v) is 13.3. The molecule has 1 saturated heterocycles. The first kappa shape index (κ1) is 28.5. The maximum atomic E-state index is 13.2. The van der Waals surface area contributed by atoms with Crippen LogP contribution >= 0.6 is 0 Å². The Kier molecular flexibility index (Phi) is 8.00. The molecular weight excluding hydrogens is 540 g/mol. The minimum atomic E-state index is -1.15. The SMILES string of the molecule is CN1CCN(CC(=O)N(C)c2ccc(NC(=C3C(=O)Nc4ccc(C(=O)O)cc43)c3cccc([N+](=O)[O-])c3)cc2)CC1. The van der Waals surface area contributed by atoms with Crippen molar-refractivity contribution in [1.29, 1.82) is 0 Å². The number of carboxylic acid groups (broad SMARTS) is 1. The summed E-state index contributed by atoms with van der Waals surface area (Å²) in [6, 6.07) is 17.2. The molecule has 3 N–H and O–H groups in total. The molecule has 12 heteroatoms. The van der Waals surface area contributed by atoms with Crippen LogP contribution < -0.4 is 15.5 Å². The molecule has 42 heavy (non-hydrogen) atoms. The van der Waals surface area contributed by atoms with Crippen LogP contribution in [0, 0.1) is 10.1 Å². The number of anilines is 3. The number of hydrogen-bond donors (Lipinski definition) is 3. The number of carboxylic acids is 1. The molecule has 0 aromatic heterocycles. The van der Waals surface area contributed by atoms with Crippen LogP contribution in [-0.4, -0.2) is 84.4 Å². The third kappa shape index (κ3) is 5.99. The van der Waals surface area contributed by atoms with Crippen molar-refractivity contribution in [3.05, 3.63) is 93.5 Å². The number of carbonyl (C=O) groups is 3. The second-order valence-corrected chi connectivity index (χ2v) is 10.3. The van der Waals surface area contributed by atoms with Crippen LogP contribution in [-0.2, 0) is 9.59 Å². The van der Waals surface area contributed by atoms with Gasteiger partial charge in [0, 0.05) is 73.5 Å². The molecule has 2 aliphatic rings. The molecule has 216 valence electrons. The summed E-state index contributed by atoms with van der Waals surface area (Å²) in [6.45, 7) is 3.82. The lowest BCUT2D eigenvalue weighted by molar-refractivity contribution is -0.384. The first-order chi connectivity index (χ1) is 20.1. The van der Waals surface area contributed by atoms with Crippen LogP contribution in [0.1, 0.15) is 21.5 Å². The third-order valence-corrected chi connectivity index (χ3v) is 7.46. The minimum absolute atomic E-state index is 0.00484. The van der Waals surface area contributed by atoms with Crippen LogP contribution in [0.4, 0.5) is 22.7 Å². The summed E-state index contributed by atoms with van der Waals surface area (Å²) >= 11 is 0. The van der Waals surface area contributed by atoms with Crippen molar-refractivity contribution in [2.75, 3.05) is 62.4 Å². The molecule has 5 rings (SSSR count). The minimum Gasteiger partial charge on any atom is -0.478 e. The van der Waals surface area contributed by atoms with Crippen molar-refractivity contribution in [1.82, 2.24) is 9.80 Å². The van der Waals surface area contributed by atoms with Crippen LogP contribution in [0.2, 0.25) is 0 Å². The van der Waals surface area contributed by atoms with Gasteiger partial charge in [-0.1, -0.05) is 12.1 Å². The Balaban J connectivity index is 1.46. The van der Waals surface area contributed by atoms with Gasteiger partial charge in [-0.3, -0.25) is 24.6 Å². The number of non-ortho nitro benzene ring substituents is 1. The summed E-state index contributed by atoms with van der Waals surface area (Å²) in [4.78, 5) is 54.7. The van der Waals surface area contributed by atoms with Gasteiger partial charge in [0.25, 0.3) is 11.6 Å². The lowest BCUT2D eigenvalue weighted by atomic mass is 9.98. The molecule has 0 spiro atoms. The molecule has 3 aromatic rings. The molecule has 3 aromatic carbocycles. The van der Waals surface area contributed by atoms with E-state index < -0.39 is 16.8 Å². The largest absolute Gasteiger partial charge is 0.478 e. The maximum Gasteiger partial charge on any atom is 0.335 e. The number of piperazine rings is 1. The van der Waals surface area contributed by atoms with Crippen molar-refractivity contribution >= 4 is 51.8 Å². The molecule has 0 unspecified atom stereocenters. The van der Waals surface area contributed by atoms with Crippen molar-refractivity contribution in [2.45, 2.75) is 0 Å². The van der Waals surface area contributed by atoms with E-state index in [1.165, 1.54) is 36.4 Å². The number of aromatic carboxylic acids is 1. The zero-order valence-corrected chi connectivity index (χ0v) is 23.2.